The molecule has 0 radical (unpaired) electrons. The van der Waals surface area contributed by atoms with Crippen LogP contribution in [0.25, 0.3) is 10.2 Å². The second kappa shape index (κ2) is 8.17. The number of hydrogen-bond donors (Lipinski definition) is 0. The van der Waals surface area contributed by atoms with E-state index in [0.29, 0.717) is 12.1 Å². The predicted molar refractivity (Wildman–Crippen MR) is 119 cm³/mol. The van der Waals surface area contributed by atoms with Gasteiger partial charge in [0.15, 0.2) is 5.13 Å². The van der Waals surface area contributed by atoms with Gasteiger partial charge in [0.1, 0.15) is 0 Å². The molecule has 0 aliphatic rings. The van der Waals surface area contributed by atoms with Crippen molar-refractivity contribution in [3.63, 3.8) is 0 Å². The van der Waals surface area contributed by atoms with E-state index in [2.05, 4.69) is 31.0 Å². The molecule has 0 fully saturated rings. The summed E-state index contributed by atoms with van der Waals surface area (Å²) in [5, 5.41) is 0.758. The van der Waals surface area contributed by atoms with E-state index < -0.39 is 0 Å². The summed E-state index contributed by atoms with van der Waals surface area (Å²) >= 11 is 1.60. The van der Waals surface area contributed by atoms with Gasteiger partial charge in [-0.1, -0.05) is 41.2 Å². The van der Waals surface area contributed by atoms with Crippen molar-refractivity contribution in [2.75, 3.05) is 11.4 Å². The van der Waals surface area contributed by atoms with Crippen LogP contribution in [0.4, 0.5) is 5.13 Å². The summed E-state index contributed by atoms with van der Waals surface area (Å²) in [6.07, 6.45) is 6.34. The molecule has 0 aliphatic carbocycles. The summed E-state index contributed by atoms with van der Waals surface area (Å²) in [6.45, 7) is 7.59. The van der Waals surface area contributed by atoms with E-state index in [1.54, 1.807) is 23.9 Å². The minimum atomic E-state index is -0.00927. The molecule has 1 amide bonds. The van der Waals surface area contributed by atoms with Crippen molar-refractivity contribution < 1.29 is 4.79 Å². The normalized spacial score (nSPS) is 11.1. The highest BCUT2D eigenvalue weighted by atomic mass is 32.1. The molecule has 6 heteroatoms. The molecule has 148 valence electrons. The molecule has 0 N–H and O–H groups in total. The van der Waals surface area contributed by atoms with Gasteiger partial charge in [-0.3, -0.25) is 9.69 Å². The van der Waals surface area contributed by atoms with Crippen molar-refractivity contribution in [3.8, 4) is 0 Å². The Balaban J connectivity index is 1.67. The second-order valence-electron chi connectivity index (χ2n) is 7.35. The lowest BCUT2D eigenvalue weighted by Gasteiger charge is -2.20. The van der Waals surface area contributed by atoms with Crippen molar-refractivity contribution in [2.24, 2.45) is 0 Å². The van der Waals surface area contributed by atoms with Crippen LogP contribution >= 0.6 is 11.3 Å². The summed E-state index contributed by atoms with van der Waals surface area (Å²) in [5.41, 5.74) is 5.14. The lowest BCUT2D eigenvalue weighted by atomic mass is 10.1. The van der Waals surface area contributed by atoms with Gasteiger partial charge < -0.3 is 4.57 Å². The zero-order valence-electron chi connectivity index (χ0n) is 16.9. The molecule has 0 saturated heterocycles. The van der Waals surface area contributed by atoms with Gasteiger partial charge in [-0.2, -0.15) is 0 Å². The number of benzene rings is 2. The Morgan fingerprint density at radius 1 is 1.07 bits per heavy atom. The molecular weight excluding hydrogens is 380 g/mol. The third kappa shape index (κ3) is 4.07. The number of nitrogens with zero attached hydrogens (tertiary/aromatic N) is 4. The average molecular weight is 405 g/mol. The van der Waals surface area contributed by atoms with Gasteiger partial charge in [-0.15, -0.1) is 0 Å². The van der Waals surface area contributed by atoms with Crippen molar-refractivity contribution >= 4 is 32.6 Å². The van der Waals surface area contributed by atoms with Crippen molar-refractivity contribution in [3.05, 3.63) is 77.4 Å². The zero-order valence-corrected chi connectivity index (χ0v) is 17.7. The maximum Gasteiger partial charge on any atom is 0.260 e. The zero-order chi connectivity index (χ0) is 20.4. The number of hydrogen-bond acceptors (Lipinski definition) is 4. The van der Waals surface area contributed by atoms with Crippen molar-refractivity contribution in [2.45, 2.75) is 33.7 Å². The van der Waals surface area contributed by atoms with Crippen LogP contribution in [0.3, 0.4) is 0 Å². The fraction of sp³-hybridized carbons (Fsp3) is 0.261. The van der Waals surface area contributed by atoms with Crippen molar-refractivity contribution in [1.82, 2.24) is 14.5 Å². The number of thiazole rings is 1. The number of carbonyl (C=O) groups excluding carboxylic acids is 1. The number of aromatic nitrogens is 3. The van der Waals surface area contributed by atoms with Crippen LogP contribution in [-0.4, -0.2) is 27.0 Å². The number of fused-ring (bicyclic) bond motifs is 1. The SMILES string of the molecule is Cc1ccc(C(=O)N(CCCn2ccnc2)c2nc3c(C)ccc(C)c3s2)cc1. The Bertz CT molecular complexity index is 1090. The van der Waals surface area contributed by atoms with Crippen LogP contribution in [-0.2, 0) is 6.54 Å². The third-order valence-electron chi connectivity index (χ3n) is 5.06. The molecule has 4 rings (SSSR count). The summed E-state index contributed by atoms with van der Waals surface area (Å²) < 4.78 is 3.18. The molecule has 0 aliphatic heterocycles. The second-order valence-corrected chi connectivity index (χ2v) is 8.33. The highest BCUT2D eigenvalue weighted by Crippen LogP contribution is 2.33. The molecule has 0 bridgehead atoms. The van der Waals surface area contributed by atoms with Gasteiger partial charge in [-0.25, -0.2) is 9.97 Å². The number of amides is 1. The Kier molecular flexibility index (Phi) is 5.45. The van der Waals surface area contributed by atoms with E-state index in [9.17, 15) is 4.79 Å². The lowest BCUT2D eigenvalue weighted by Crippen LogP contribution is -2.32. The van der Waals surface area contributed by atoms with Crippen LogP contribution < -0.4 is 4.90 Å². The van der Waals surface area contributed by atoms with E-state index in [0.717, 1.165) is 39.4 Å². The summed E-state index contributed by atoms with van der Waals surface area (Å²) in [4.78, 5) is 24.1. The van der Waals surface area contributed by atoms with E-state index in [1.165, 1.54) is 5.56 Å². The Morgan fingerprint density at radius 2 is 1.83 bits per heavy atom. The summed E-state index contributed by atoms with van der Waals surface area (Å²) in [6, 6.07) is 11.9. The molecular formula is C23H24N4OS. The average Bonchev–Trinajstić information content (AvgIpc) is 3.39. The molecule has 0 unspecified atom stereocenters. The number of imidazole rings is 1. The quantitative estimate of drug-likeness (QED) is 0.446. The Hall–Kier alpha value is -2.99. The fourth-order valence-electron chi connectivity index (χ4n) is 3.33. The van der Waals surface area contributed by atoms with Gasteiger partial charge in [0.05, 0.1) is 16.5 Å². The fourth-order valence-corrected chi connectivity index (χ4v) is 4.47. The molecule has 4 aromatic rings. The standard InChI is InChI=1S/C23H24N4OS/c1-16-5-9-19(10-6-16)22(28)27(13-4-12-26-14-11-24-15-26)23-25-20-17(2)7-8-18(3)21(20)29-23/h5-11,14-15H,4,12-13H2,1-3H3. The number of aryl methyl sites for hydroxylation is 4. The first kappa shape index (κ1) is 19.3. The molecule has 0 atom stereocenters. The minimum absolute atomic E-state index is 0.00927. The molecule has 2 aromatic heterocycles. The smallest absolute Gasteiger partial charge is 0.260 e. The van der Waals surface area contributed by atoms with Crippen LogP contribution in [0.2, 0.25) is 0 Å². The minimum Gasteiger partial charge on any atom is -0.337 e. The first-order valence-electron chi connectivity index (χ1n) is 9.74. The molecule has 29 heavy (non-hydrogen) atoms. The van der Waals surface area contributed by atoms with Gasteiger partial charge >= 0.3 is 0 Å². The lowest BCUT2D eigenvalue weighted by molar-refractivity contribution is 0.0986. The highest BCUT2D eigenvalue weighted by molar-refractivity contribution is 7.22. The molecule has 5 nitrogen and oxygen atoms in total. The van der Waals surface area contributed by atoms with Crippen LogP contribution in [0.15, 0.2) is 55.1 Å². The first-order chi connectivity index (χ1) is 14.0. The summed E-state index contributed by atoms with van der Waals surface area (Å²) in [5.74, 6) is -0.00927. The van der Waals surface area contributed by atoms with Crippen LogP contribution in [0.1, 0.15) is 33.5 Å². The Labute approximate surface area is 174 Å². The largest absolute Gasteiger partial charge is 0.337 e. The van der Waals surface area contributed by atoms with E-state index in [1.807, 2.05) is 46.9 Å². The van der Waals surface area contributed by atoms with Gasteiger partial charge in [-0.05, 0) is 50.5 Å². The monoisotopic (exact) mass is 404 g/mol. The van der Waals surface area contributed by atoms with Crippen LogP contribution in [0, 0.1) is 20.8 Å². The molecule has 2 heterocycles. The third-order valence-corrected chi connectivity index (χ3v) is 6.28. The predicted octanol–water partition coefficient (Wildman–Crippen LogP) is 5.16. The highest BCUT2D eigenvalue weighted by Gasteiger charge is 2.22. The van der Waals surface area contributed by atoms with Gasteiger partial charge in [0, 0.05) is 31.0 Å². The van der Waals surface area contributed by atoms with Gasteiger partial charge in [0.2, 0.25) is 0 Å². The van der Waals surface area contributed by atoms with Crippen LogP contribution in [0.5, 0.6) is 0 Å². The van der Waals surface area contributed by atoms with Gasteiger partial charge in [0.25, 0.3) is 5.91 Å². The van der Waals surface area contributed by atoms with E-state index >= 15 is 0 Å². The first-order valence-corrected chi connectivity index (χ1v) is 10.6. The number of carbonyl (C=O) groups is 1. The number of rotatable bonds is 6. The topological polar surface area (TPSA) is 51.0 Å². The van der Waals surface area contributed by atoms with E-state index in [-0.39, 0.29) is 5.91 Å². The molecule has 0 spiro atoms. The Morgan fingerprint density at radius 3 is 2.52 bits per heavy atom. The number of anilines is 1. The maximum absolute atomic E-state index is 13.4. The summed E-state index contributed by atoms with van der Waals surface area (Å²) in [7, 11) is 0. The molecule has 0 saturated carbocycles. The van der Waals surface area contributed by atoms with Crippen molar-refractivity contribution in [1.29, 1.82) is 0 Å². The molecule has 2 aromatic carbocycles. The van der Waals surface area contributed by atoms with E-state index in [4.69, 9.17) is 4.98 Å². The maximum atomic E-state index is 13.4.